The number of hydrogen-bond donors (Lipinski definition) is 2. The predicted octanol–water partition coefficient (Wildman–Crippen LogP) is 3.82. The molecule has 26 heavy (non-hydrogen) atoms. The standard InChI is InChI=1S/C21H21N3O2/c1-15-12-13-18(20(24-15)23-14-16-8-4-2-5-9-16)21(25)26-19(22)17-10-6-3-7-11-17/h2-13,19H,14,22H2,1H3,(H,23,24). The van der Waals surface area contributed by atoms with Crippen molar-refractivity contribution in [3.05, 3.63) is 95.2 Å². The molecule has 5 nitrogen and oxygen atoms in total. The molecule has 132 valence electrons. The number of benzene rings is 2. The summed E-state index contributed by atoms with van der Waals surface area (Å²) in [5.74, 6) is -0.0245. The molecule has 0 aliphatic heterocycles. The first kappa shape index (κ1) is 17.6. The molecule has 0 saturated heterocycles. The number of carbonyl (C=O) groups is 1. The van der Waals surface area contributed by atoms with E-state index in [1.807, 2.05) is 67.6 Å². The summed E-state index contributed by atoms with van der Waals surface area (Å²) in [5, 5.41) is 3.21. The normalized spacial score (nSPS) is 11.6. The summed E-state index contributed by atoms with van der Waals surface area (Å²) in [5.41, 5.74) is 8.99. The van der Waals surface area contributed by atoms with Crippen LogP contribution in [-0.4, -0.2) is 11.0 Å². The van der Waals surface area contributed by atoms with Crippen LogP contribution in [0.3, 0.4) is 0 Å². The number of nitrogens with two attached hydrogens (primary N) is 1. The largest absolute Gasteiger partial charge is 0.439 e. The summed E-state index contributed by atoms with van der Waals surface area (Å²) in [6, 6.07) is 22.6. The van der Waals surface area contributed by atoms with Crippen LogP contribution in [-0.2, 0) is 11.3 Å². The lowest BCUT2D eigenvalue weighted by atomic mass is 10.2. The number of aryl methyl sites for hydroxylation is 1. The van der Waals surface area contributed by atoms with Crippen molar-refractivity contribution >= 4 is 11.8 Å². The fourth-order valence-electron chi connectivity index (χ4n) is 2.53. The Kier molecular flexibility index (Phi) is 5.61. The highest BCUT2D eigenvalue weighted by molar-refractivity contribution is 5.94. The van der Waals surface area contributed by atoms with Gasteiger partial charge in [0.1, 0.15) is 11.4 Å². The van der Waals surface area contributed by atoms with Crippen molar-refractivity contribution in [2.24, 2.45) is 5.73 Å². The van der Waals surface area contributed by atoms with Crippen LogP contribution < -0.4 is 11.1 Å². The van der Waals surface area contributed by atoms with Gasteiger partial charge in [-0.3, -0.25) is 5.73 Å². The Hall–Kier alpha value is -3.18. The minimum Gasteiger partial charge on any atom is -0.439 e. The van der Waals surface area contributed by atoms with Gasteiger partial charge in [0, 0.05) is 17.8 Å². The summed E-state index contributed by atoms with van der Waals surface area (Å²) in [6.45, 7) is 2.43. The van der Waals surface area contributed by atoms with Gasteiger partial charge in [-0.25, -0.2) is 9.78 Å². The monoisotopic (exact) mass is 347 g/mol. The molecule has 5 heteroatoms. The molecule has 0 aliphatic rings. The molecular formula is C21H21N3O2. The number of anilines is 1. The van der Waals surface area contributed by atoms with E-state index in [1.54, 1.807) is 12.1 Å². The smallest absolute Gasteiger partial charge is 0.343 e. The van der Waals surface area contributed by atoms with Crippen molar-refractivity contribution in [1.29, 1.82) is 0 Å². The topological polar surface area (TPSA) is 77.2 Å². The number of nitrogens with one attached hydrogen (secondary N) is 1. The highest BCUT2D eigenvalue weighted by Gasteiger charge is 2.18. The maximum Gasteiger partial charge on any atom is 0.343 e. The van der Waals surface area contributed by atoms with Gasteiger partial charge in [-0.2, -0.15) is 0 Å². The molecule has 0 radical (unpaired) electrons. The van der Waals surface area contributed by atoms with Gasteiger partial charge in [-0.05, 0) is 24.6 Å². The van der Waals surface area contributed by atoms with Gasteiger partial charge in [0.05, 0.1) is 0 Å². The van der Waals surface area contributed by atoms with E-state index >= 15 is 0 Å². The molecule has 0 amide bonds. The van der Waals surface area contributed by atoms with Gasteiger partial charge in [0.2, 0.25) is 0 Å². The Morgan fingerprint density at radius 1 is 1.04 bits per heavy atom. The SMILES string of the molecule is Cc1ccc(C(=O)OC(N)c2ccccc2)c(NCc2ccccc2)n1. The molecule has 2 aromatic carbocycles. The van der Waals surface area contributed by atoms with E-state index in [9.17, 15) is 4.79 Å². The van der Waals surface area contributed by atoms with Crippen LogP contribution in [0, 0.1) is 6.92 Å². The Morgan fingerprint density at radius 3 is 2.38 bits per heavy atom. The lowest BCUT2D eigenvalue weighted by Gasteiger charge is -2.16. The van der Waals surface area contributed by atoms with Crippen LogP contribution in [0.25, 0.3) is 0 Å². The zero-order chi connectivity index (χ0) is 18.4. The van der Waals surface area contributed by atoms with Crippen molar-refractivity contribution in [3.8, 4) is 0 Å². The number of carbonyl (C=O) groups excluding carboxylic acids is 1. The number of aromatic nitrogens is 1. The van der Waals surface area contributed by atoms with Crippen LogP contribution >= 0.6 is 0 Å². The minimum absolute atomic E-state index is 0.359. The Balaban J connectivity index is 1.75. The van der Waals surface area contributed by atoms with Crippen molar-refractivity contribution in [2.75, 3.05) is 5.32 Å². The molecule has 1 unspecified atom stereocenters. The molecule has 1 heterocycles. The molecule has 0 saturated carbocycles. The lowest BCUT2D eigenvalue weighted by molar-refractivity contribution is 0.0312. The third-order valence-corrected chi connectivity index (χ3v) is 3.92. The van der Waals surface area contributed by atoms with Crippen LogP contribution in [0.2, 0.25) is 0 Å². The number of rotatable bonds is 6. The summed E-state index contributed by atoms with van der Waals surface area (Å²) in [4.78, 5) is 17.0. The zero-order valence-corrected chi connectivity index (χ0v) is 14.6. The first-order valence-corrected chi connectivity index (χ1v) is 8.40. The minimum atomic E-state index is -0.827. The molecule has 0 fully saturated rings. The van der Waals surface area contributed by atoms with E-state index in [0.717, 1.165) is 16.8 Å². The Bertz CT molecular complexity index is 867. The maximum atomic E-state index is 12.6. The second-order valence-corrected chi connectivity index (χ2v) is 5.92. The molecule has 3 rings (SSSR count). The van der Waals surface area contributed by atoms with Gasteiger partial charge < -0.3 is 10.1 Å². The molecule has 0 bridgehead atoms. The third kappa shape index (κ3) is 4.46. The van der Waals surface area contributed by atoms with E-state index in [-0.39, 0.29) is 0 Å². The summed E-state index contributed by atoms with van der Waals surface area (Å²) in [7, 11) is 0. The summed E-state index contributed by atoms with van der Waals surface area (Å²) in [6.07, 6.45) is -0.827. The number of esters is 1. The van der Waals surface area contributed by atoms with Crippen molar-refractivity contribution in [2.45, 2.75) is 19.7 Å². The molecule has 1 aromatic heterocycles. The van der Waals surface area contributed by atoms with Crippen LogP contribution in [0.15, 0.2) is 72.8 Å². The fourth-order valence-corrected chi connectivity index (χ4v) is 2.53. The molecule has 3 aromatic rings. The number of pyridine rings is 1. The fraction of sp³-hybridized carbons (Fsp3) is 0.143. The zero-order valence-electron chi connectivity index (χ0n) is 14.6. The highest BCUT2D eigenvalue weighted by atomic mass is 16.6. The van der Waals surface area contributed by atoms with E-state index in [1.165, 1.54) is 0 Å². The van der Waals surface area contributed by atoms with E-state index in [2.05, 4.69) is 10.3 Å². The Morgan fingerprint density at radius 2 is 1.69 bits per heavy atom. The van der Waals surface area contributed by atoms with Gasteiger partial charge in [-0.1, -0.05) is 60.7 Å². The van der Waals surface area contributed by atoms with Crippen molar-refractivity contribution in [1.82, 2.24) is 4.98 Å². The quantitative estimate of drug-likeness (QED) is 0.524. The predicted molar refractivity (Wildman–Crippen MR) is 102 cm³/mol. The average molecular weight is 347 g/mol. The van der Waals surface area contributed by atoms with Crippen LogP contribution in [0.5, 0.6) is 0 Å². The second-order valence-electron chi connectivity index (χ2n) is 5.92. The van der Waals surface area contributed by atoms with E-state index < -0.39 is 12.2 Å². The molecule has 3 N–H and O–H groups in total. The number of nitrogens with zero attached hydrogens (tertiary/aromatic N) is 1. The van der Waals surface area contributed by atoms with Gasteiger partial charge >= 0.3 is 5.97 Å². The van der Waals surface area contributed by atoms with Crippen LogP contribution in [0.1, 0.15) is 33.4 Å². The average Bonchev–Trinajstić information content (AvgIpc) is 2.68. The summed E-state index contributed by atoms with van der Waals surface area (Å²) >= 11 is 0. The van der Waals surface area contributed by atoms with Crippen LogP contribution in [0.4, 0.5) is 5.82 Å². The number of ether oxygens (including phenoxy) is 1. The van der Waals surface area contributed by atoms with E-state index in [0.29, 0.717) is 17.9 Å². The van der Waals surface area contributed by atoms with Crippen molar-refractivity contribution in [3.63, 3.8) is 0 Å². The summed E-state index contributed by atoms with van der Waals surface area (Å²) < 4.78 is 5.41. The first-order valence-electron chi connectivity index (χ1n) is 8.40. The second kappa shape index (κ2) is 8.27. The van der Waals surface area contributed by atoms with Gasteiger partial charge in [-0.15, -0.1) is 0 Å². The van der Waals surface area contributed by atoms with Gasteiger partial charge in [0.15, 0.2) is 6.23 Å². The Labute approximate surface area is 152 Å². The van der Waals surface area contributed by atoms with Crippen molar-refractivity contribution < 1.29 is 9.53 Å². The van der Waals surface area contributed by atoms with E-state index in [4.69, 9.17) is 10.5 Å². The first-order chi connectivity index (χ1) is 12.6. The molecule has 0 spiro atoms. The molecule has 1 atom stereocenters. The third-order valence-electron chi connectivity index (χ3n) is 3.92. The molecular weight excluding hydrogens is 326 g/mol. The number of hydrogen-bond acceptors (Lipinski definition) is 5. The highest BCUT2D eigenvalue weighted by Crippen LogP contribution is 2.19. The van der Waals surface area contributed by atoms with Gasteiger partial charge in [0.25, 0.3) is 0 Å². The lowest BCUT2D eigenvalue weighted by Crippen LogP contribution is -2.20. The maximum absolute atomic E-state index is 12.6. The molecule has 0 aliphatic carbocycles.